The molecule has 0 aromatic carbocycles. The van der Waals surface area contributed by atoms with Crippen LogP contribution in [-0.2, 0) is 18.2 Å². The fourth-order valence-corrected chi connectivity index (χ4v) is 1.06. The molecule has 1 aromatic heterocycles. The minimum Gasteiger partial charge on any atom is -0.464 e. The van der Waals surface area contributed by atoms with E-state index >= 15 is 0 Å². The Bertz CT molecular complexity index is 306. The monoisotopic (exact) mass is 184 g/mol. The zero-order chi connectivity index (χ0) is 9.84. The highest BCUT2D eigenvalue weighted by molar-refractivity contribution is 5.87. The van der Waals surface area contributed by atoms with Crippen LogP contribution < -0.4 is 0 Å². The molecule has 0 aliphatic heterocycles. The first-order valence-corrected chi connectivity index (χ1v) is 3.91. The van der Waals surface area contributed by atoms with Crippen LogP contribution in [0.2, 0.25) is 0 Å². The minimum absolute atomic E-state index is 0.0254. The Kier molecular flexibility index (Phi) is 3.02. The fourth-order valence-electron chi connectivity index (χ4n) is 1.06. The van der Waals surface area contributed by atoms with Crippen LogP contribution in [-0.4, -0.2) is 34.6 Å². The molecule has 0 aliphatic carbocycles. The lowest BCUT2D eigenvalue weighted by atomic mass is 10.3. The molecule has 0 atom stereocenters. The summed E-state index contributed by atoms with van der Waals surface area (Å²) in [5, 5.41) is 12.7. The van der Waals surface area contributed by atoms with Gasteiger partial charge < -0.3 is 9.84 Å². The quantitative estimate of drug-likeness (QED) is 0.657. The predicted molar refractivity (Wildman–Crippen MR) is 45.3 cm³/mol. The third-order valence-electron chi connectivity index (χ3n) is 1.69. The van der Waals surface area contributed by atoms with Gasteiger partial charge in [-0.15, -0.1) is 0 Å². The van der Waals surface area contributed by atoms with Crippen molar-refractivity contribution in [1.29, 1.82) is 0 Å². The Labute approximate surface area is 75.9 Å². The summed E-state index contributed by atoms with van der Waals surface area (Å²) < 4.78 is 5.99. The zero-order valence-electron chi connectivity index (χ0n) is 7.65. The number of rotatable bonds is 3. The van der Waals surface area contributed by atoms with Gasteiger partial charge in [-0.3, -0.25) is 4.68 Å². The third kappa shape index (κ3) is 2.06. The van der Waals surface area contributed by atoms with Gasteiger partial charge in [0.05, 0.1) is 12.8 Å². The van der Waals surface area contributed by atoms with Crippen LogP contribution in [0.3, 0.4) is 0 Å². The predicted octanol–water partition coefficient (Wildman–Crippen LogP) is -0.259. The number of carbonyl (C=O) groups is 1. The summed E-state index contributed by atoms with van der Waals surface area (Å²) in [5.74, 6) is -0.417. The van der Waals surface area contributed by atoms with Gasteiger partial charge in [-0.25, -0.2) is 4.79 Å². The van der Waals surface area contributed by atoms with Crippen molar-refractivity contribution >= 4 is 5.97 Å². The van der Waals surface area contributed by atoms with Gasteiger partial charge in [-0.1, -0.05) is 0 Å². The molecule has 0 bridgehead atoms. The van der Waals surface area contributed by atoms with Gasteiger partial charge in [0.2, 0.25) is 0 Å². The van der Waals surface area contributed by atoms with Gasteiger partial charge in [-0.2, -0.15) is 5.10 Å². The molecule has 0 saturated heterocycles. The molecule has 5 heteroatoms. The summed E-state index contributed by atoms with van der Waals surface area (Å²) in [6.07, 6.45) is 0.449. The molecule has 0 unspecified atom stereocenters. The number of hydrogen-bond donors (Lipinski definition) is 1. The van der Waals surface area contributed by atoms with Crippen molar-refractivity contribution in [3.63, 3.8) is 0 Å². The minimum atomic E-state index is -0.417. The maximum atomic E-state index is 11.1. The zero-order valence-corrected chi connectivity index (χ0v) is 7.65. The van der Waals surface area contributed by atoms with Crippen molar-refractivity contribution in [2.75, 3.05) is 13.7 Å². The summed E-state index contributed by atoms with van der Waals surface area (Å²) in [6.45, 7) is 0.0254. The Morgan fingerprint density at radius 1 is 1.77 bits per heavy atom. The van der Waals surface area contributed by atoms with E-state index in [1.807, 2.05) is 0 Å². The van der Waals surface area contributed by atoms with Crippen molar-refractivity contribution in [3.8, 4) is 0 Å². The number of aryl methyl sites for hydroxylation is 1. The van der Waals surface area contributed by atoms with Crippen molar-refractivity contribution in [2.24, 2.45) is 7.05 Å². The maximum absolute atomic E-state index is 11.1. The second-order valence-corrected chi connectivity index (χ2v) is 2.61. The third-order valence-corrected chi connectivity index (χ3v) is 1.69. The van der Waals surface area contributed by atoms with Crippen LogP contribution in [0.15, 0.2) is 6.07 Å². The van der Waals surface area contributed by atoms with E-state index in [0.29, 0.717) is 17.8 Å². The summed E-state index contributed by atoms with van der Waals surface area (Å²) >= 11 is 0. The second-order valence-electron chi connectivity index (χ2n) is 2.61. The normalized spacial score (nSPS) is 10.1. The van der Waals surface area contributed by atoms with E-state index in [-0.39, 0.29) is 6.61 Å². The van der Waals surface area contributed by atoms with Crippen LogP contribution in [0.1, 0.15) is 16.2 Å². The first kappa shape index (κ1) is 9.73. The second kappa shape index (κ2) is 4.04. The molecular weight excluding hydrogens is 172 g/mol. The largest absolute Gasteiger partial charge is 0.464 e. The first-order valence-electron chi connectivity index (χ1n) is 3.91. The molecule has 72 valence electrons. The van der Waals surface area contributed by atoms with Crippen molar-refractivity contribution in [1.82, 2.24) is 9.78 Å². The van der Waals surface area contributed by atoms with Crippen molar-refractivity contribution in [3.05, 3.63) is 17.5 Å². The molecule has 1 N–H and O–H groups in total. The van der Waals surface area contributed by atoms with E-state index in [2.05, 4.69) is 9.84 Å². The molecule has 0 amide bonds. The van der Waals surface area contributed by atoms with E-state index in [1.165, 1.54) is 11.8 Å². The molecule has 0 spiro atoms. The number of aromatic nitrogens is 2. The van der Waals surface area contributed by atoms with E-state index in [4.69, 9.17) is 5.11 Å². The van der Waals surface area contributed by atoms with Crippen LogP contribution in [0, 0.1) is 0 Å². The Morgan fingerprint density at radius 3 is 3.00 bits per heavy atom. The SMILES string of the molecule is COC(=O)c1cc(CCO)nn1C. The Balaban J connectivity index is 2.89. The summed E-state index contributed by atoms with van der Waals surface area (Å²) in [4.78, 5) is 11.1. The number of ether oxygens (including phenoxy) is 1. The van der Waals surface area contributed by atoms with E-state index in [0.717, 1.165) is 0 Å². The molecular formula is C8H12N2O3. The highest BCUT2D eigenvalue weighted by Gasteiger charge is 2.12. The van der Waals surface area contributed by atoms with E-state index in [9.17, 15) is 4.79 Å². The molecule has 5 nitrogen and oxygen atoms in total. The molecule has 1 rings (SSSR count). The molecule has 0 aliphatic rings. The van der Waals surface area contributed by atoms with Gasteiger partial charge in [0, 0.05) is 20.1 Å². The average Bonchev–Trinajstić information content (AvgIpc) is 2.46. The smallest absolute Gasteiger partial charge is 0.356 e. The van der Waals surface area contributed by atoms with Gasteiger partial charge in [0.15, 0.2) is 0 Å². The van der Waals surface area contributed by atoms with Crippen molar-refractivity contribution < 1.29 is 14.6 Å². The standard InChI is InChI=1S/C8H12N2O3/c1-10-7(8(12)13-2)5-6(9-10)3-4-11/h5,11H,3-4H2,1-2H3. The van der Waals surface area contributed by atoms with Crippen LogP contribution in [0.5, 0.6) is 0 Å². The molecule has 13 heavy (non-hydrogen) atoms. The number of methoxy groups -OCH3 is 1. The van der Waals surface area contributed by atoms with Gasteiger partial charge in [0.1, 0.15) is 5.69 Å². The molecule has 1 aromatic rings. The lowest BCUT2D eigenvalue weighted by Crippen LogP contribution is -2.07. The van der Waals surface area contributed by atoms with Gasteiger partial charge in [0.25, 0.3) is 0 Å². The Hall–Kier alpha value is -1.36. The highest BCUT2D eigenvalue weighted by Crippen LogP contribution is 2.04. The number of esters is 1. The molecule has 1 heterocycles. The maximum Gasteiger partial charge on any atom is 0.356 e. The van der Waals surface area contributed by atoms with Crippen molar-refractivity contribution in [2.45, 2.75) is 6.42 Å². The number of aliphatic hydroxyl groups excluding tert-OH is 1. The number of carbonyl (C=O) groups excluding carboxylic acids is 1. The average molecular weight is 184 g/mol. The number of aliphatic hydroxyl groups is 1. The van der Waals surface area contributed by atoms with Crippen LogP contribution in [0.25, 0.3) is 0 Å². The number of hydrogen-bond acceptors (Lipinski definition) is 4. The lowest BCUT2D eigenvalue weighted by Gasteiger charge is -1.96. The lowest BCUT2D eigenvalue weighted by molar-refractivity contribution is 0.0588. The molecule has 0 fully saturated rings. The van der Waals surface area contributed by atoms with E-state index < -0.39 is 5.97 Å². The summed E-state index contributed by atoms with van der Waals surface area (Å²) in [5.41, 5.74) is 1.08. The summed E-state index contributed by atoms with van der Waals surface area (Å²) in [6, 6.07) is 1.61. The summed E-state index contributed by atoms with van der Waals surface area (Å²) in [7, 11) is 2.98. The Morgan fingerprint density at radius 2 is 2.46 bits per heavy atom. The van der Waals surface area contributed by atoms with E-state index in [1.54, 1.807) is 13.1 Å². The molecule has 0 saturated carbocycles. The molecule has 0 radical (unpaired) electrons. The first-order chi connectivity index (χ1) is 6.19. The topological polar surface area (TPSA) is 64.3 Å². The van der Waals surface area contributed by atoms with Gasteiger partial charge in [-0.05, 0) is 6.07 Å². The van der Waals surface area contributed by atoms with Gasteiger partial charge >= 0.3 is 5.97 Å². The van der Waals surface area contributed by atoms with Crippen LogP contribution in [0.4, 0.5) is 0 Å². The van der Waals surface area contributed by atoms with Crippen LogP contribution >= 0.6 is 0 Å². The highest BCUT2D eigenvalue weighted by atomic mass is 16.5. The fraction of sp³-hybridized carbons (Fsp3) is 0.500. The number of nitrogens with zero attached hydrogens (tertiary/aromatic N) is 2.